The summed E-state index contributed by atoms with van der Waals surface area (Å²) in [6.45, 7) is 9.03. The summed E-state index contributed by atoms with van der Waals surface area (Å²) in [5.74, 6) is 0.923. The molecule has 24 heavy (non-hydrogen) atoms. The second-order valence-corrected chi connectivity index (χ2v) is 6.68. The van der Waals surface area contributed by atoms with Gasteiger partial charge in [0, 0.05) is 45.9 Å². The van der Waals surface area contributed by atoms with Gasteiger partial charge in [-0.25, -0.2) is 0 Å². The van der Waals surface area contributed by atoms with E-state index in [9.17, 15) is 0 Å². The lowest BCUT2D eigenvalue weighted by Crippen LogP contribution is -2.46. The first-order valence-electron chi connectivity index (χ1n) is 9.10. The quantitative estimate of drug-likeness (QED) is 0.680. The van der Waals surface area contributed by atoms with Crippen LogP contribution in [-0.4, -0.2) is 75.6 Å². The van der Waals surface area contributed by atoms with E-state index in [0.717, 1.165) is 71.3 Å². The van der Waals surface area contributed by atoms with E-state index in [0.29, 0.717) is 6.10 Å². The van der Waals surface area contributed by atoms with Crippen molar-refractivity contribution in [1.29, 1.82) is 0 Å². The van der Waals surface area contributed by atoms with Gasteiger partial charge in [-0.2, -0.15) is 0 Å². The molecular formula is C19H30N2O3. The number of ether oxygens (including phenoxy) is 3. The molecule has 0 saturated carbocycles. The molecule has 0 radical (unpaired) electrons. The maximum absolute atomic E-state index is 5.77. The first-order valence-corrected chi connectivity index (χ1v) is 9.10. The largest absolute Gasteiger partial charge is 0.497 e. The molecule has 1 aromatic carbocycles. The lowest BCUT2D eigenvalue weighted by molar-refractivity contribution is 0.00611. The van der Waals surface area contributed by atoms with Gasteiger partial charge >= 0.3 is 0 Å². The van der Waals surface area contributed by atoms with Crippen molar-refractivity contribution in [2.45, 2.75) is 25.5 Å². The molecule has 0 unspecified atom stereocenters. The van der Waals surface area contributed by atoms with Crippen LogP contribution in [0, 0.1) is 0 Å². The highest BCUT2D eigenvalue weighted by molar-refractivity contribution is 5.27. The predicted octanol–water partition coefficient (Wildman–Crippen LogP) is 2.01. The summed E-state index contributed by atoms with van der Waals surface area (Å²) in [5.41, 5.74) is 1.35. The highest BCUT2D eigenvalue weighted by Gasteiger charge is 2.18. The standard InChI is InChI=1S/C19H30N2O3/c1-22-18-6-4-17(5-7-18)15-21-10-8-20(9-11-21)12-14-23-16-19-3-2-13-24-19/h4-7,19H,2-3,8-16H2,1H3/t19-/m0/s1. The summed E-state index contributed by atoms with van der Waals surface area (Å²) in [6, 6.07) is 8.39. The van der Waals surface area contributed by atoms with Crippen LogP contribution < -0.4 is 4.74 Å². The van der Waals surface area contributed by atoms with E-state index in [1.54, 1.807) is 7.11 Å². The number of methoxy groups -OCH3 is 1. The van der Waals surface area contributed by atoms with Crippen molar-refractivity contribution in [1.82, 2.24) is 9.80 Å². The Balaban J connectivity index is 1.29. The molecule has 0 amide bonds. The molecule has 0 spiro atoms. The molecule has 5 heteroatoms. The first-order chi connectivity index (χ1) is 11.8. The third-order valence-corrected chi connectivity index (χ3v) is 4.91. The molecule has 3 rings (SSSR count). The minimum absolute atomic E-state index is 0.339. The average Bonchev–Trinajstić information content (AvgIpc) is 3.14. The topological polar surface area (TPSA) is 34.2 Å². The lowest BCUT2D eigenvalue weighted by atomic mass is 10.2. The summed E-state index contributed by atoms with van der Waals surface area (Å²) in [6.07, 6.45) is 2.68. The van der Waals surface area contributed by atoms with Gasteiger partial charge in [-0.3, -0.25) is 9.80 Å². The molecule has 2 saturated heterocycles. The van der Waals surface area contributed by atoms with Gasteiger partial charge in [-0.15, -0.1) is 0 Å². The smallest absolute Gasteiger partial charge is 0.118 e. The maximum Gasteiger partial charge on any atom is 0.118 e. The van der Waals surface area contributed by atoms with Crippen LogP contribution in [0.2, 0.25) is 0 Å². The summed E-state index contributed by atoms with van der Waals surface area (Å²) >= 11 is 0. The van der Waals surface area contributed by atoms with Gasteiger partial charge in [0.2, 0.25) is 0 Å². The lowest BCUT2D eigenvalue weighted by Gasteiger charge is -2.34. The zero-order chi connectivity index (χ0) is 16.6. The zero-order valence-electron chi connectivity index (χ0n) is 14.8. The van der Waals surface area contributed by atoms with Crippen molar-refractivity contribution in [3.05, 3.63) is 29.8 Å². The maximum atomic E-state index is 5.77. The SMILES string of the molecule is COc1ccc(CN2CCN(CCOC[C@@H]3CCCO3)CC2)cc1. The van der Waals surface area contributed by atoms with Crippen molar-refractivity contribution < 1.29 is 14.2 Å². The monoisotopic (exact) mass is 334 g/mol. The minimum atomic E-state index is 0.339. The van der Waals surface area contributed by atoms with Gasteiger partial charge in [0.15, 0.2) is 0 Å². The van der Waals surface area contributed by atoms with E-state index in [2.05, 4.69) is 21.9 Å². The van der Waals surface area contributed by atoms with Gasteiger partial charge in [-0.05, 0) is 30.5 Å². The van der Waals surface area contributed by atoms with Crippen molar-refractivity contribution in [2.75, 3.05) is 59.7 Å². The second kappa shape index (κ2) is 9.37. The number of benzene rings is 1. The van der Waals surface area contributed by atoms with Crippen LogP contribution in [0.25, 0.3) is 0 Å². The Hall–Kier alpha value is -1.14. The molecule has 0 bridgehead atoms. The fourth-order valence-electron chi connectivity index (χ4n) is 3.34. The molecule has 1 atom stereocenters. The van der Waals surface area contributed by atoms with Crippen LogP contribution in [0.15, 0.2) is 24.3 Å². The normalized spacial score (nSPS) is 22.8. The summed E-state index contributed by atoms with van der Waals surface area (Å²) in [5, 5.41) is 0. The van der Waals surface area contributed by atoms with Crippen molar-refractivity contribution >= 4 is 0 Å². The van der Waals surface area contributed by atoms with Crippen LogP contribution in [0.3, 0.4) is 0 Å². The van der Waals surface area contributed by atoms with E-state index in [1.165, 1.54) is 12.0 Å². The Labute approximate surface area is 145 Å². The van der Waals surface area contributed by atoms with Crippen molar-refractivity contribution in [2.24, 2.45) is 0 Å². The molecule has 2 aliphatic heterocycles. The Kier molecular flexibility index (Phi) is 6.90. The Morgan fingerprint density at radius 1 is 1.08 bits per heavy atom. The third-order valence-electron chi connectivity index (χ3n) is 4.91. The molecule has 134 valence electrons. The second-order valence-electron chi connectivity index (χ2n) is 6.68. The number of hydrogen-bond donors (Lipinski definition) is 0. The molecule has 2 heterocycles. The minimum Gasteiger partial charge on any atom is -0.497 e. The number of piperazine rings is 1. The molecule has 0 aliphatic carbocycles. The summed E-state index contributed by atoms with van der Waals surface area (Å²) < 4.78 is 16.6. The van der Waals surface area contributed by atoms with E-state index in [-0.39, 0.29) is 0 Å². The number of nitrogens with zero attached hydrogens (tertiary/aromatic N) is 2. The highest BCUT2D eigenvalue weighted by atomic mass is 16.5. The molecule has 5 nitrogen and oxygen atoms in total. The van der Waals surface area contributed by atoms with E-state index in [4.69, 9.17) is 14.2 Å². The van der Waals surface area contributed by atoms with E-state index >= 15 is 0 Å². The van der Waals surface area contributed by atoms with Gasteiger partial charge < -0.3 is 14.2 Å². The summed E-state index contributed by atoms with van der Waals surface area (Å²) in [4.78, 5) is 5.02. The average molecular weight is 334 g/mol. The molecule has 2 fully saturated rings. The Bertz CT molecular complexity index is 466. The fraction of sp³-hybridized carbons (Fsp3) is 0.684. The number of rotatable bonds is 8. The van der Waals surface area contributed by atoms with Crippen LogP contribution in [0.4, 0.5) is 0 Å². The Morgan fingerprint density at radius 2 is 1.83 bits per heavy atom. The van der Waals surface area contributed by atoms with Gasteiger partial charge in [0.25, 0.3) is 0 Å². The zero-order valence-corrected chi connectivity index (χ0v) is 14.8. The number of hydrogen-bond acceptors (Lipinski definition) is 5. The van der Waals surface area contributed by atoms with Crippen molar-refractivity contribution in [3.8, 4) is 5.75 Å². The fourth-order valence-corrected chi connectivity index (χ4v) is 3.34. The van der Waals surface area contributed by atoms with Crippen LogP contribution in [0.1, 0.15) is 18.4 Å². The van der Waals surface area contributed by atoms with E-state index < -0.39 is 0 Å². The van der Waals surface area contributed by atoms with Gasteiger partial charge in [-0.1, -0.05) is 12.1 Å². The molecule has 0 aromatic heterocycles. The predicted molar refractivity (Wildman–Crippen MR) is 94.5 cm³/mol. The van der Waals surface area contributed by atoms with E-state index in [1.807, 2.05) is 12.1 Å². The van der Waals surface area contributed by atoms with Crippen LogP contribution in [0.5, 0.6) is 5.75 Å². The summed E-state index contributed by atoms with van der Waals surface area (Å²) in [7, 11) is 1.71. The molecule has 1 aromatic rings. The molecule has 0 N–H and O–H groups in total. The van der Waals surface area contributed by atoms with Crippen molar-refractivity contribution in [3.63, 3.8) is 0 Å². The van der Waals surface area contributed by atoms with Gasteiger partial charge in [0.05, 0.1) is 26.4 Å². The first kappa shape index (κ1) is 17.7. The molecule has 2 aliphatic rings. The highest BCUT2D eigenvalue weighted by Crippen LogP contribution is 2.14. The van der Waals surface area contributed by atoms with Gasteiger partial charge in [0.1, 0.15) is 5.75 Å². The molecular weight excluding hydrogens is 304 g/mol. The van der Waals surface area contributed by atoms with Crippen LogP contribution >= 0.6 is 0 Å². The Morgan fingerprint density at radius 3 is 2.50 bits per heavy atom. The third kappa shape index (κ3) is 5.45. The van der Waals surface area contributed by atoms with Crippen LogP contribution in [-0.2, 0) is 16.0 Å².